The van der Waals surface area contributed by atoms with Crippen LogP contribution in [-0.2, 0) is 0 Å². The van der Waals surface area contributed by atoms with Crippen LogP contribution in [0, 0.1) is 0 Å². The average Bonchev–Trinajstić information content (AvgIpc) is 2.43. The number of rotatable bonds is 8. The summed E-state index contributed by atoms with van der Waals surface area (Å²) < 4.78 is 5.85. The van der Waals surface area contributed by atoms with Crippen molar-refractivity contribution < 1.29 is 9.84 Å². The molecule has 0 aliphatic carbocycles. The lowest BCUT2D eigenvalue weighted by Crippen LogP contribution is -2.34. The van der Waals surface area contributed by atoms with Crippen LogP contribution in [0.15, 0.2) is 24.3 Å². The molecule has 1 aromatic rings. The summed E-state index contributed by atoms with van der Waals surface area (Å²) in [6, 6.07) is 8.19. The van der Waals surface area contributed by atoms with E-state index in [9.17, 15) is 5.11 Å². The third-order valence-corrected chi connectivity index (χ3v) is 3.62. The molecule has 2 unspecified atom stereocenters. The smallest absolute Gasteiger partial charge is 0.122 e. The second-order valence-corrected chi connectivity index (χ2v) is 5.50. The molecule has 1 aromatic carbocycles. The first-order valence-corrected chi connectivity index (χ1v) is 7.14. The monoisotopic (exact) mass is 265 g/mol. The van der Waals surface area contributed by atoms with E-state index in [4.69, 9.17) is 10.5 Å². The van der Waals surface area contributed by atoms with Crippen LogP contribution in [0.1, 0.15) is 51.5 Å². The van der Waals surface area contributed by atoms with E-state index in [-0.39, 0.29) is 6.54 Å². The van der Waals surface area contributed by atoms with Gasteiger partial charge in [0.15, 0.2) is 0 Å². The summed E-state index contributed by atoms with van der Waals surface area (Å²) in [7, 11) is 0. The van der Waals surface area contributed by atoms with Crippen molar-refractivity contribution >= 4 is 0 Å². The maximum absolute atomic E-state index is 9.82. The van der Waals surface area contributed by atoms with E-state index in [0.717, 1.165) is 18.6 Å². The minimum atomic E-state index is -0.778. The van der Waals surface area contributed by atoms with Gasteiger partial charge in [0.25, 0.3) is 0 Å². The number of para-hydroxylation sites is 1. The van der Waals surface area contributed by atoms with E-state index < -0.39 is 5.60 Å². The molecule has 0 bridgehead atoms. The molecular weight excluding hydrogens is 238 g/mol. The van der Waals surface area contributed by atoms with Gasteiger partial charge in [-0.2, -0.15) is 0 Å². The highest BCUT2D eigenvalue weighted by Crippen LogP contribution is 2.28. The quantitative estimate of drug-likeness (QED) is 0.710. The van der Waals surface area contributed by atoms with Crippen molar-refractivity contribution in [2.24, 2.45) is 5.73 Å². The maximum Gasteiger partial charge on any atom is 0.122 e. The molecule has 0 aromatic heterocycles. The zero-order valence-electron chi connectivity index (χ0n) is 12.4. The largest absolute Gasteiger partial charge is 0.493 e. The van der Waals surface area contributed by atoms with Gasteiger partial charge in [-0.05, 0) is 43.7 Å². The molecule has 19 heavy (non-hydrogen) atoms. The lowest BCUT2D eigenvalue weighted by atomic mass is 9.98. The van der Waals surface area contributed by atoms with Gasteiger partial charge < -0.3 is 15.6 Å². The summed E-state index contributed by atoms with van der Waals surface area (Å²) in [5.74, 6) is 1.47. The summed E-state index contributed by atoms with van der Waals surface area (Å²) >= 11 is 0. The molecule has 0 amide bonds. The molecule has 108 valence electrons. The Morgan fingerprint density at radius 1 is 1.37 bits per heavy atom. The van der Waals surface area contributed by atoms with Crippen LogP contribution >= 0.6 is 0 Å². The molecule has 0 saturated carbocycles. The van der Waals surface area contributed by atoms with Crippen LogP contribution in [0.25, 0.3) is 0 Å². The Bertz CT molecular complexity index is 377. The van der Waals surface area contributed by atoms with Crippen LogP contribution in [0.3, 0.4) is 0 Å². The highest BCUT2D eigenvalue weighted by Gasteiger charge is 2.17. The van der Waals surface area contributed by atoms with Crippen molar-refractivity contribution in [3.63, 3.8) is 0 Å². The summed E-state index contributed by atoms with van der Waals surface area (Å²) in [5.41, 5.74) is 5.97. The van der Waals surface area contributed by atoms with Crippen molar-refractivity contribution in [1.82, 2.24) is 0 Å². The summed E-state index contributed by atoms with van der Waals surface area (Å²) in [5, 5.41) is 9.82. The third-order valence-electron chi connectivity index (χ3n) is 3.62. The van der Waals surface area contributed by atoms with Gasteiger partial charge in [0, 0.05) is 6.54 Å². The zero-order valence-corrected chi connectivity index (χ0v) is 12.4. The second kappa shape index (κ2) is 7.51. The predicted molar refractivity (Wildman–Crippen MR) is 79.6 cm³/mol. The lowest BCUT2D eigenvalue weighted by molar-refractivity contribution is 0.0535. The molecule has 2 atom stereocenters. The maximum atomic E-state index is 9.82. The standard InChI is InChI=1S/C16H27NO2/c1-4-13(2)14-8-5-6-9-15(14)19-11-7-10-16(3,18)12-17/h5-6,8-9,13,18H,4,7,10-12,17H2,1-3H3. The van der Waals surface area contributed by atoms with Gasteiger partial charge in [0.1, 0.15) is 5.75 Å². The number of nitrogens with two attached hydrogens (primary N) is 1. The molecule has 0 radical (unpaired) electrons. The Morgan fingerprint density at radius 2 is 2.05 bits per heavy atom. The first-order chi connectivity index (χ1) is 9.00. The molecule has 3 heteroatoms. The van der Waals surface area contributed by atoms with Gasteiger partial charge in [-0.1, -0.05) is 32.0 Å². The Hall–Kier alpha value is -1.06. The molecule has 0 saturated heterocycles. The van der Waals surface area contributed by atoms with Gasteiger partial charge in [-0.25, -0.2) is 0 Å². The molecule has 1 rings (SSSR count). The van der Waals surface area contributed by atoms with Crippen LogP contribution in [-0.4, -0.2) is 23.9 Å². The molecule has 0 heterocycles. The van der Waals surface area contributed by atoms with Crippen LogP contribution < -0.4 is 10.5 Å². The van der Waals surface area contributed by atoms with Gasteiger partial charge in [0.2, 0.25) is 0 Å². The van der Waals surface area contributed by atoms with Gasteiger partial charge in [0.05, 0.1) is 12.2 Å². The number of hydrogen-bond acceptors (Lipinski definition) is 3. The van der Waals surface area contributed by atoms with Crippen LogP contribution in [0.2, 0.25) is 0 Å². The normalized spacial score (nSPS) is 15.8. The van der Waals surface area contributed by atoms with Crippen molar-refractivity contribution in [1.29, 1.82) is 0 Å². The van der Waals surface area contributed by atoms with E-state index in [1.807, 2.05) is 18.2 Å². The molecule has 0 fully saturated rings. The topological polar surface area (TPSA) is 55.5 Å². The molecule has 3 N–H and O–H groups in total. The van der Waals surface area contributed by atoms with E-state index in [0.29, 0.717) is 18.9 Å². The van der Waals surface area contributed by atoms with Crippen molar-refractivity contribution in [2.45, 2.75) is 51.6 Å². The Balaban J connectivity index is 2.50. The van der Waals surface area contributed by atoms with Gasteiger partial charge in [-0.15, -0.1) is 0 Å². The van der Waals surface area contributed by atoms with Crippen molar-refractivity contribution in [3.8, 4) is 5.75 Å². The molecule has 0 aliphatic heterocycles. The molecule has 3 nitrogen and oxygen atoms in total. The summed E-state index contributed by atoms with van der Waals surface area (Å²) in [6.45, 7) is 7.06. The van der Waals surface area contributed by atoms with Crippen LogP contribution in [0.5, 0.6) is 5.75 Å². The fourth-order valence-corrected chi connectivity index (χ4v) is 1.98. The lowest BCUT2D eigenvalue weighted by Gasteiger charge is -2.21. The highest BCUT2D eigenvalue weighted by atomic mass is 16.5. The Kier molecular flexibility index (Phi) is 6.32. The third kappa shape index (κ3) is 5.21. The van der Waals surface area contributed by atoms with Crippen LogP contribution in [0.4, 0.5) is 0 Å². The average molecular weight is 265 g/mol. The van der Waals surface area contributed by atoms with Gasteiger partial charge >= 0.3 is 0 Å². The highest BCUT2D eigenvalue weighted by molar-refractivity contribution is 5.35. The number of hydrogen-bond donors (Lipinski definition) is 2. The minimum absolute atomic E-state index is 0.288. The van der Waals surface area contributed by atoms with Gasteiger partial charge in [-0.3, -0.25) is 0 Å². The van der Waals surface area contributed by atoms with Crippen molar-refractivity contribution in [2.75, 3.05) is 13.2 Å². The fraction of sp³-hybridized carbons (Fsp3) is 0.625. The first kappa shape index (κ1) is 16.0. The van der Waals surface area contributed by atoms with E-state index in [1.54, 1.807) is 6.92 Å². The van der Waals surface area contributed by atoms with Crippen molar-refractivity contribution in [3.05, 3.63) is 29.8 Å². The molecule has 0 aliphatic rings. The first-order valence-electron chi connectivity index (χ1n) is 7.14. The second-order valence-electron chi connectivity index (χ2n) is 5.50. The number of ether oxygens (including phenoxy) is 1. The minimum Gasteiger partial charge on any atom is -0.493 e. The summed E-state index contributed by atoms with van der Waals surface area (Å²) in [6.07, 6.45) is 2.57. The van der Waals surface area contributed by atoms with E-state index in [2.05, 4.69) is 19.9 Å². The summed E-state index contributed by atoms with van der Waals surface area (Å²) in [4.78, 5) is 0. The predicted octanol–water partition coefficient (Wildman–Crippen LogP) is 3.07. The Labute approximate surface area is 116 Å². The fourth-order valence-electron chi connectivity index (χ4n) is 1.98. The van der Waals surface area contributed by atoms with E-state index in [1.165, 1.54) is 5.56 Å². The van der Waals surface area contributed by atoms with E-state index >= 15 is 0 Å². The Morgan fingerprint density at radius 3 is 2.68 bits per heavy atom. The number of aliphatic hydroxyl groups is 1. The SMILES string of the molecule is CCC(C)c1ccccc1OCCCC(C)(O)CN. The zero-order chi connectivity index (χ0) is 14.3. The number of benzene rings is 1. The molecule has 0 spiro atoms. The molecular formula is C16H27NO2.